The number of aryl methyl sites for hydroxylation is 5. The third kappa shape index (κ3) is 4.92. The van der Waals surface area contributed by atoms with Gasteiger partial charge >= 0.3 is 0 Å². The molecule has 6 aromatic rings. The highest BCUT2D eigenvalue weighted by molar-refractivity contribution is 5.89. The largest absolute Gasteiger partial charge is 0.309 e. The first kappa shape index (κ1) is 29.2. The zero-order valence-electron chi connectivity index (χ0n) is 27.2. The van der Waals surface area contributed by atoms with Crippen LogP contribution in [0.15, 0.2) is 73.2 Å². The Labute approximate surface area is 260 Å². The molecule has 44 heavy (non-hydrogen) atoms. The molecule has 0 amide bonds. The molecule has 0 atom stereocenters. The first-order valence-electron chi connectivity index (χ1n) is 15.2. The van der Waals surface area contributed by atoms with Crippen molar-refractivity contribution >= 4 is 28.4 Å². The van der Waals surface area contributed by atoms with E-state index in [4.69, 9.17) is 4.98 Å². The van der Waals surface area contributed by atoms with E-state index < -0.39 is 0 Å². The highest BCUT2D eigenvalue weighted by atomic mass is 15.2. The average Bonchev–Trinajstić information content (AvgIpc) is 2.99. The summed E-state index contributed by atoms with van der Waals surface area (Å²) in [6, 6.07) is 20.1. The minimum atomic E-state index is 0.553. The summed E-state index contributed by atoms with van der Waals surface area (Å²) in [4.78, 5) is 20.7. The van der Waals surface area contributed by atoms with Gasteiger partial charge in [-0.3, -0.25) is 0 Å². The molecule has 0 saturated heterocycles. The zero-order chi connectivity index (χ0) is 31.3. The molecular formula is C39H39N5. The van der Waals surface area contributed by atoms with Crippen LogP contribution >= 0.6 is 0 Å². The number of hydrogen-bond donors (Lipinski definition) is 0. The van der Waals surface area contributed by atoms with Gasteiger partial charge in [-0.05, 0) is 130 Å². The third-order valence-electron chi connectivity index (χ3n) is 9.02. The van der Waals surface area contributed by atoms with Gasteiger partial charge in [-0.15, -0.1) is 0 Å². The topological polar surface area (TPSA) is 54.8 Å². The number of rotatable bonds is 5. The maximum Gasteiger partial charge on any atom is 0.198 e. The Kier molecular flexibility index (Phi) is 7.50. The SMILES string of the molecule is Cc1cc(C)c(N(c2ccc(-c3c(C)cccc3C)cc2)c2c(C)c(C)c(-c3cnc4nccnc4n3)c(C)c2C)c(C)c1. The van der Waals surface area contributed by atoms with Crippen molar-refractivity contribution < 1.29 is 0 Å². The summed E-state index contributed by atoms with van der Waals surface area (Å²) in [6.45, 7) is 19.8. The van der Waals surface area contributed by atoms with Crippen molar-refractivity contribution in [2.45, 2.75) is 62.3 Å². The Morgan fingerprint density at radius 3 is 1.68 bits per heavy atom. The van der Waals surface area contributed by atoms with Gasteiger partial charge in [0.15, 0.2) is 11.3 Å². The van der Waals surface area contributed by atoms with Crippen LogP contribution in [0.2, 0.25) is 0 Å². The van der Waals surface area contributed by atoms with E-state index in [9.17, 15) is 0 Å². The van der Waals surface area contributed by atoms with E-state index in [1.54, 1.807) is 12.4 Å². The molecule has 5 heteroatoms. The molecule has 0 N–H and O–H groups in total. The van der Waals surface area contributed by atoms with Crippen LogP contribution in [0, 0.1) is 62.3 Å². The van der Waals surface area contributed by atoms with Crippen LogP contribution in [-0.4, -0.2) is 19.9 Å². The van der Waals surface area contributed by atoms with Crippen molar-refractivity contribution in [2.24, 2.45) is 0 Å². The third-order valence-corrected chi connectivity index (χ3v) is 9.02. The average molecular weight is 578 g/mol. The van der Waals surface area contributed by atoms with Crippen molar-refractivity contribution in [3.63, 3.8) is 0 Å². The minimum Gasteiger partial charge on any atom is -0.309 e. The van der Waals surface area contributed by atoms with Crippen LogP contribution in [0.5, 0.6) is 0 Å². The lowest BCUT2D eigenvalue weighted by Gasteiger charge is -2.34. The minimum absolute atomic E-state index is 0.553. The Hall–Kier alpha value is -4.90. The molecule has 5 nitrogen and oxygen atoms in total. The summed E-state index contributed by atoms with van der Waals surface area (Å²) in [5.74, 6) is 0. The number of nitrogens with zero attached hydrogens (tertiary/aromatic N) is 5. The second-order valence-corrected chi connectivity index (χ2v) is 12.1. The molecule has 0 aliphatic carbocycles. The molecule has 0 fully saturated rings. The van der Waals surface area contributed by atoms with Crippen molar-refractivity contribution in [1.82, 2.24) is 19.9 Å². The number of benzene rings is 4. The van der Waals surface area contributed by atoms with Crippen LogP contribution in [0.4, 0.5) is 17.1 Å². The number of fused-ring (bicyclic) bond motifs is 1. The first-order valence-corrected chi connectivity index (χ1v) is 15.2. The predicted octanol–water partition coefficient (Wildman–Crippen LogP) is 10.00. The molecule has 0 radical (unpaired) electrons. The molecule has 0 aliphatic rings. The van der Waals surface area contributed by atoms with Crippen molar-refractivity contribution in [3.8, 4) is 22.4 Å². The van der Waals surface area contributed by atoms with E-state index in [1.807, 2.05) is 6.20 Å². The van der Waals surface area contributed by atoms with E-state index in [0.717, 1.165) is 16.9 Å². The smallest absolute Gasteiger partial charge is 0.198 e. The van der Waals surface area contributed by atoms with Crippen LogP contribution in [0.25, 0.3) is 33.7 Å². The van der Waals surface area contributed by atoms with Crippen molar-refractivity contribution in [3.05, 3.63) is 123 Å². The summed E-state index contributed by atoms with van der Waals surface area (Å²) in [7, 11) is 0. The molecule has 0 unspecified atom stereocenters. The fraction of sp³-hybridized carbons (Fsp3) is 0.231. The number of anilines is 3. The molecule has 6 rings (SSSR count). The Morgan fingerprint density at radius 1 is 0.523 bits per heavy atom. The predicted molar refractivity (Wildman–Crippen MR) is 183 cm³/mol. The second-order valence-electron chi connectivity index (χ2n) is 12.1. The van der Waals surface area contributed by atoms with Gasteiger partial charge < -0.3 is 4.90 Å². The monoisotopic (exact) mass is 577 g/mol. The van der Waals surface area contributed by atoms with E-state index in [0.29, 0.717) is 11.3 Å². The van der Waals surface area contributed by atoms with Crippen molar-refractivity contribution in [1.29, 1.82) is 0 Å². The fourth-order valence-corrected chi connectivity index (χ4v) is 6.83. The van der Waals surface area contributed by atoms with Gasteiger partial charge in [-0.2, -0.15) is 0 Å². The molecule has 0 saturated carbocycles. The van der Waals surface area contributed by atoms with Gasteiger partial charge in [0.25, 0.3) is 0 Å². The van der Waals surface area contributed by atoms with Crippen LogP contribution in [-0.2, 0) is 0 Å². The summed E-state index contributed by atoms with van der Waals surface area (Å²) in [5.41, 5.74) is 20.2. The van der Waals surface area contributed by atoms with E-state index in [-0.39, 0.29) is 0 Å². The van der Waals surface area contributed by atoms with Gasteiger partial charge in [-0.25, -0.2) is 19.9 Å². The molecule has 0 spiro atoms. The van der Waals surface area contributed by atoms with Gasteiger partial charge in [0.2, 0.25) is 0 Å². The van der Waals surface area contributed by atoms with Crippen LogP contribution in [0.1, 0.15) is 50.1 Å². The summed E-state index contributed by atoms with van der Waals surface area (Å²) < 4.78 is 0. The van der Waals surface area contributed by atoms with Gasteiger partial charge in [0, 0.05) is 23.6 Å². The maximum atomic E-state index is 4.88. The quantitative estimate of drug-likeness (QED) is 0.204. The van der Waals surface area contributed by atoms with Crippen LogP contribution < -0.4 is 4.90 Å². The highest BCUT2D eigenvalue weighted by Crippen LogP contribution is 2.46. The first-order chi connectivity index (χ1) is 21.1. The maximum absolute atomic E-state index is 4.88. The number of hydrogen-bond acceptors (Lipinski definition) is 5. The molecular weight excluding hydrogens is 538 g/mol. The fourth-order valence-electron chi connectivity index (χ4n) is 6.83. The summed E-state index contributed by atoms with van der Waals surface area (Å²) in [5, 5.41) is 0. The molecule has 2 aromatic heterocycles. The highest BCUT2D eigenvalue weighted by Gasteiger charge is 2.25. The summed E-state index contributed by atoms with van der Waals surface area (Å²) in [6.07, 6.45) is 5.13. The van der Waals surface area contributed by atoms with Gasteiger partial charge in [-0.1, -0.05) is 48.0 Å². The Bertz CT molecular complexity index is 1990. The van der Waals surface area contributed by atoms with Crippen molar-refractivity contribution in [2.75, 3.05) is 4.90 Å². The Morgan fingerprint density at radius 2 is 1.09 bits per heavy atom. The molecule has 220 valence electrons. The molecule has 2 heterocycles. The number of aromatic nitrogens is 4. The lowest BCUT2D eigenvalue weighted by atomic mass is 9.89. The lowest BCUT2D eigenvalue weighted by Crippen LogP contribution is -2.17. The van der Waals surface area contributed by atoms with Gasteiger partial charge in [0.1, 0.15) is 0 Å². The van der Waals surface area contributed by atoms with Crippen LogP contribution in [0.3, 0.4) is 0 Å². The standard InChI is InChI=1S/C39H39N5/c1-22-19-25(4)36(26(5)20-22)44(32-15-13-31(14-16-32)34-23(2)11-10-12-24(34)3)37-29(8)27(6)35(28(7)30(37)9)33-21-42-38-39(43-33)41-18-17-40-38/h10-21H,1-9H3. The Balaban J connectivity index is 1.58. The van der Waals surface area contributed by atoms with E-state index in [1.165, 1.54) is 72.6 Å². The molecule has 0 aliphatic heterocycles. The summed E-state index contributed by atoms with van der Waals surface area (Å²) >= 11 is 0. The second kappa shape index (κ2) is 11.3. The van der Waals surface area contributed by atoms with E-state index >= 15 is 0 Å². The lowest BCUT2D eigenvalue weighted by molar-refractivity contribution is 1.12. The van der Waals surface area contributed by atoms with E-state index in [2.05, 4.69) is 137 Å². The van der Waals surface area contributed by atoms with Gasteiger partial charge in [0.05, 0.1) is 23.3 Å². The molecule has 0 bridgehead atoms. The zero-order valence-corrected chi connectivity index (χ0v) is 27.2. The normalized spacial score (nSPS) is 11.3. The molecule has 4 aromatic carbocycles.